The van der Waals surface area contributed by atoms with Crippen LogP contribution in [0.4, 0.5) is 18.9 Å². The van der Waals surface area contributed by atoms with Crippen LogP contribution in [-0.2, 0) is 21.0 Å². The number of rotatable bonds is 11. The molecule has 2 rings (SSSR count). The van der Waals surface area contributed by atoms with Crippen LogP contribution in [0.2, 0.25) is 5.02 Å². The van der Waals surface area contributed by atoms with Crippen LogP contribution >= 0.6 is 11.6 Å². The van der Waals surface area contributed by atoms with Gasteiger partial charge in [-0.05, 0) is 48.9 Å². The van der Waals surface area contributed by atoms with Crippen LogP contribution in [0.3, 0.4) is 0 Å². The summed E-state index contributed by atoms with van der Waals surface area (Å²) in [5.74, 6) is -0.228. The number of amides is 1. The molecular formula is C22H26ClF3N2O3S. The third kappa shape index (κ3) is 7.41. The highest BCUT2D eigenvalue weighted by Gasteiger charge is 2.32. The van der Waals surface area contributed by atoms with Crippen LogP contribution < -0.4 is 9.62 Å². The van der Waals surface area contributed by atoms with E-state index in [-0.39, 0.29) is 29.6 Å². The maximum absolute atomic E-state index is 13.2. The van der Waals surface area contributed by atoms with E-state index >= 15 is 0 Å². The van der Waals surface area contributed by atoms with Crippen LogP contribution in [0, 0.1) is 0 Å². The van der Waals surface area contributed by atoms with Gasteiger partial charge in [-0.3, -0.25) is 9.10 Å². The summed E-state index contributed by atoms with van der Waals surface area (Å²) in [6.07, 6.45) is -0.608. The molecule has 1 N–H and O–H groups in total. The van der Waals surface area contributed by atoms with Crippen LogP contribution in [0.1, 0.15) is 44.6 Å². The zero-order chi connectivity index (χ0) is 23.8. The fourth-order valence-corrected chi connectivity index (χ4v) is 4.64. The third-order valence-electron chi connectivity index (χ3n) is 4.76. The number of unbranched alkanes of at least 4 members (excludes halogenated alkanes) is 3. The van der Waals surface area contributed by atoms with Gasteiger partial charge in [-0.25, -0.2) is 8.42 Å². The van der Waals surface area contributed by atoms with Crippen molar-refractivity contribution in [1.29, 1.82) is 0 Å². The Kier molecular flexibility index (Phi) is 9.39. The summed E-state index contributed by atoms with van der Waals surface area (Å²) in [7, 11) is -4.20. The average Bonchev–Trinajstić information content (AvgIpc) is 2.74. The molecule has 5 nitrogen and oxygen atoms in total. The lowest BCUT2D eigenvalue weighted by atomic mass is 10.1. The van der Waals surface area contributed by atoms with Crippen LogP contribution in [-0.4, -0.2) is 27.4 Å². The third-order valence-corrected chi connectivity index (χ3v) is 6.85. The van der Waals surface area contributed by atoms with E-state index in [1.165, 1.54) is 30.3 Å². The number of carbonyl (C=O) groups excluding carboxylic acids is 1. The predicted octanol–water partition coefficient (Wildman–Crippen LogP) is 5.64. The van der Waals surface area contributed by atoms with E-state index in [0.717, 1.165) is 48.2 Å². The largest absolute Gasteiger partial charge is 0.416 e. The molecule has 0 aliphatic carbocycles. The normalized spacial score (nSPS) is 11.9. The maximum Gasteiger partial charge on any atom is 0.416 e. The number of anilines is 1. The molecule has 2 aromatic rings. The van der Waals surface area contributed by atoms with Crippen LogP contribution in [0.25, 0.3) is 0 Å². The Morgan fingerprint density at radius 1 is 1.06 bits per heavy atom. The molecule has 0 spiro atoms. The Labute approximate surface area is 191 Å². The Balaban J connectivity index is 2.24. The first-order valence-corrected chi connectivity index (χ1v) is 12.1. The number of nitrogens with one attached hydrogen (secondary N) is 1. The number of halogens is 4. The van der Waals surface area contributed by atoms with Gasteiger partial charge in [0.1, 0.15) is 0 Å². The number of hydrogen-bond donors (Lipinski definition) is 1. The molecule has 0 unspecified atom stereocenters. The molecule has 0 aliphatic heterocycles. The second-order valence-electron chi connectivity index (χ2n) is 7.24. The number of alkyl halides is 3. The maximum atomic E-state index is 13.2. The molecule has 0 heterocycles. The molecular weight excluding hydrogens is 465 g/mol. The first kappa shape index (κ1) is 26.0. The van der Waals surface area contributed by atoms with Gasteiger partial charge in [0.05, 0.1) is 22.7 Å². The Morgan fingerprint density at radius 3 is 2.38 bits per heavy atom. The quantitative estimate of drug-likeness (QED) is 0.414. The summed E-state index contributed by atoms with van der Waals surface area (Å²) in [4.78, 5) is 11.9. The van der Waals surface area contributed by atoms with Gasteiger partial charge in [-0.2, -0.15) is 13.2 Å². The van der Waals surface area contributed by atoms with Gasteiger partial charge in [0.25, 0.3) is 10.0 Å². The van der Waals surface area contributed by atoms with Gasteiger partial charge in [0.2, 0.25) is 5.91 Å². The average molecular weight is 491 g/mol. The molecule has 0 radical (unpaired) electrons. The lowest BCUT2D eigenvalue weighted by Gasteiger charge is -2.25. The van der Waals surface area contributed by atoms with Crippen molar-refractivity contribution in [2.75, 3.05) is 17.4 Å². The Hall–Kier alpha value is -2.26. The van der Waals surface area contributed by atoms with E-state index in [9.17, 15) is 26.4 Å². The fourth-order valence-electron chi connectivity index (χ4n) is 3.06. The van der Waals surface area contributed by atoms with Gasteiger partial charge in [-0.1, -0.05) is 43.9 Å². The summed E-state index contributed by atoms with van der Waals surface area (Å²) >= 11 is 5.83. The first-order valence-electron chi connectivity index (χ1n) is 10.3. The summed E-state index contributed by atoms with van der Waals surface area (Å²) in [6, 6.07) is 9.42. The van der Waals surface area contributed by atoms with E-state index in [1.54, 1.807) is 0 Å². The molecule has 176 valence electrons. The van der Waals surface area contributed by atoms with Crippen LogP contribution in [0.5, 0.6) is 0 Å². The SMILES string of the molecule is CCCCCCC(=O)NCCN(c1cccc(C(F)(F)F)c1)S(=O)(=O)c1ccc(Cl)cc1. The van der Waals surface area contributed by atoms with Crippen molar-refractivity contribution < 1.29 is 26.4 Å². The van der Waals surface area contributed by atoms with E-state index in [1.807, 2.05) is 0 Å². The van der Waals surface area contributed by atoms with Crippen LogP contribution in [0.15, 0.2) is 53.4 Å². The molecule has 0 atom stereocenters. The Bertz CT molecular complexity index is 996. The van der Waals surface area contributed by atoms with E-state index in [4.69, 9.17) is 11.6 Å². The number of hydrogen-bond acceptors (Lipinski definition) is 3. The lowest BCUT2D eigenvalue weighted by molar-refractivity contribution is -0.137. The Morgan fingerprint density at radius 2 is 1.75 bits per heavy atom. The topological polar surface area (TPSA) is 66.5 Å². The predicted molar refractivity (Wildman–Crippen MR) is 119 cm³/mol. The summed E-state index contributed by atoms with van der Waals surface area (Å²) in [5, 5.41) is 2.97. The standard InChI is InChI=1S/C22H26ClF3N2O3S/c1-2-3-4-5-9-21(29)27-14-15-28(19-8-6-7-17(16-19)22(24,25)26)32(30,31)20-12-10-18(23)11-13-20/h6-8,10-13,16H,2-5,9,14-15H2,1H3,(H,27,29). The van der Waals surface area contributed by atoms with Crippen molar-refractivity contribution in [3.05, 3.63) is 59.1 Å². The fraction of sp³-hybridized carbons (Fsp3) is 0.409. The zero-order valence-electron chi connectivity index (χ0n) is 17.7. The molecule has 10 heteroatoms. The van der Waals surface area contributed by atoms with Gasteiger partial charge in [0.15, 0.2) is 0 Å². The molecule has 0 fully saturated rings. The molecule has 32 heavy (non-hydrogen) atoms. The van der Waals surface area contributed by atoms with Crippen molar-refractivity contribution >= 4 is 33.2 Å². The molecule has 0 aromatic heterocycles. The van der Waals surface area contributed by atoms with Gasteiger partial charge in [-0.15, -0.1) is 0 Å². The van der Waals surface area contributed by atoms with E-state index in [0.29, 0.717) is 11.4 Å². The van der Waals surface area contributed by atoms with Crippen molar-refractivity contribution in [1.82, 2.24) is 5.32 Å². The second-order valence-corrected chi connectivity index (χ2v) is 9.54. The highest BCUT2D eigenvalue weighted by atomic mass is 35.5. The van der Waals surface area contributed by atoms with Gasteiger partial charge < -0.3 is 5.32 Å². The van der Waals surface area contributed by atoms with Crippen molar-refractivity contribution in [2.24, 2.45) is 0 Å². The molecule has 1 amide bonds. The van der Waals surface area contributed by atoms with Gasteiger partial charge in [0, 0.05) is 18.0 Å². The number of nitrogens with zero attached hydrogens (tertiary/aromatic N) is 1. The molecule has 0 aliphatic rings. The number of sulfonamides is 1. The van der Waals surface area contributed by atoms with Gasteiger partial charge >= 0.3 is 6.18 Å². The summed E-state index contributed by atoms with van der Waals surface area (Å²) in [6.45, 7) is 1.78. The van der Waals surface area contributed by atoms with E-state index < -0.39 is 21.8 Å². The minimum atomic E-state index is -4.63. The monoisotopic (exact) mass is 490 g/mol. The molecule has 0 saturated carbocycles. The molecule has 0 bridgehead atoms. The summed E-state index contributed by atoms with van der Waals surface area (Å²) in [5.41, 5.74) is -1.11. The van der Waals surface area contributed by atoms with Crippen molar-refractivity contribution in [3.63, 3.8) is 0 Å². The highest BCUT2D eigenvalue weighted by molar-refractivity contribution is 7.92. The number of carbonyl (C=O) groups is 1. The van der Waals surface area contributed by atoms with Crippen molar-refractivity contribution in [2.45, 2.75) is 50.1 Å². The summed E-state index contributed by atoms with van der Waals surface area (Å²) < 4.78 is 66.9. The second kappa shape index (κ2) is 11.6. The molecule has 2 aromatic carbocycles. The highest BCUT2D eigenvalue weighted by Crippen LogP contribution is 2.33. The molecule has 0 saturated heterocycles. The van der Waals surface area contributed by atoms with Crippen molar-refractivity contribution in [3.8, 4) is 0 Å². The minimum absolute atomic E-state index is 0.0460. The minimum Gasteiger partial charge on any atom is -0.354 e. The van der Waals surface area contributed by atoms with E-state index in [2.05, 4.69) is 12.2 Å². The first-order chi connectivity index (χ1) is 15.1. The number of benzene rings is 2. The smallest absolute Gasteiger partial charge is 0.354 e. The lowest BCUT2D eigenvalue weighted by Crippen LogP contribution is -2.38. The zero-order valence-corrected chi connectivity index (χ0v) is 19.2.